The monoisotopic (exact) mass is 186 g/mol. The summed E-state index contributed by atoms with van der Waals surface area (Å²) in [5.41, 5.74) is 0. The maximum absolute atomic E-state index is 11.1. The fourth-order valence-electron chi connectivity index (χ4n) is 0.686. The first kappa shape index (κ1) is 12.1. The van der Waals surface area contributed by atoms with Gasteiger partial charge in [0.15, 0.2) is 0 Å². The molecular weight excluding hydrogens is 168 g/mol. The number of carbonyl (C=O) groups excluding carboxylic acids is 2. The third-order valence-electron chi connectivity index (χ3n) is 1.90. The van der Waals surface area contributed by atoms with E-state index in [0.29, 0.717) is 12.5 Å². The molecule has 1 unspecified atom stereocenters. The highest BCUT2D eigenvalue weighted by Crippen LogP contribution is 2.03. The van der Waals surface area contributed by atoms with Crippen molar-refractivity contribution in [3.8, 4) is 0 Å². The average Bonchev–Trinajstić information content (AvgIpc) is 2.02. The Morgan fingerprint density at radius 2 is 1.77 bits per heavy atom. The molecule has 0 N–H and O–H groups in total. The lowest BCUT2D eigenvalue weighted by Gasteiger charge is -2.09. The van der Waals surface area contributed by atoms with Crippen molar-refractivity contribution in [2.75, 3.05) is 6.61 Å². The van der Waals surface area contributed by atoms with E-state index in [2.05, 4.69) is 13.8 Å². The fraction of sp³-hybridized carbons (Fsp3) is 0.800. The molecule has 0 rings (SSSR count). The third-order valence-corrected chi connectivity index (χ3v) is 1.90. The first-order valence-corrected chi connectivity index (χ1v) is 4.62. The van der Waals surface area contributed by atoms with Crippen molar-refractivity contribution in [2.24, 2.45) is 11.8 Å². The summed E-state index contributed by atoms with van der Waals surface area (Å²) in [7, 11) is 0. The van der Waals surface area contributed by atoms with Crippen LogP contribution in [0.2, 0.25) is 0 Å². The van der Waals surface area contributed by atoms with Crippen molar-refractivity contribution in [3.63, 3.8) is 0 Å². The molecule has 0 aliphatic heterocycles. The zero-order valence-corrected chi connectivity index (χ0v) is 8.79. The van der Waals surface area contributed by atoms with E-state index in [-0.39, 0.29) is 5.78 Å². The summed E-state index contributed by atoms with van der Waals surface area (Å²) >= 11 is 0. The maximum Gasteiger partial charge on any atom is 0.316 e. The van der Waals surface area contributed by atoms with Crippen LogP contribution in [0.15, 0.2) is 0 Å². The maximum atomic E-state index is 11.1. The normalized spacial score (nSPS) is 12.7. The molecule has 0 bridgehead atoms. The molecule has 3 nitrogen and oxygen atoms in total. The summed E-state index contributed by atoms with van der Waals surface area (Å²) in [6.45, 7) is 7.49. The van der Waals surface area contributed by atoms with Gasteiger partial charge < -0.3 is 4.74 Å². The van der Waals surface area contributed by atoms with Crippen LogP contribution in [-0.2, 0) is 14.3 Å². The highest BCUT2D eigenvalue weighted by atomic mass is 16.5. The number of hydrogen-bond acceptors (Lipinski definition) is 3. The molecule has 0 aliphatic rings. The molecule has 0 spiro atoms. The Morgan fingerprint density at radius 1 is 1.23 bits per heavy atom. The number of Topliss-reactive ketones (excluding diaryl/α,β-unsaturated/α-hetero) is 1. The molecule has 0 fully saturated rings. The van der Waals surface area contributed by atoms with Gasteiger partial charge in [-0.15, -0.1) is 0 Å². The van der Waals surface area contributed by atoms with Crippen molar-refractivity contribution in [1.82, 2.24) is 0 Å². The molecule has 3 heteroatoms. The average molecular weight is 186 g/mol. The van der Waals surface area contributed by atoms with Crippen LogP contribution < -0.4 is 0 Å². The standard InChI is InChI=1S/C10H18O3/c1-7(2)5-6-13-10(12)8(3)9(4)11/h7-8H,5-6H2,1-4H3. The molecule has 0 heterocycles. The van der Waals surface area contributed by atoms with Crippen LogP contribution >= 0.6 is 0 Å². The van der Waals surface area contributed by atoms with E-state index in [1.807, 2.05) is 0 Å². The lowest BCUT2D eigenvalue weighted by Crippen LogP contribution is -2.21. The van der Waals surface area contributed by atoms with Gasteiger partial charge in [-0.2, -0.15) is 0 Å². The van der Waals surface area contributed by atoms with Gasteiger partial charge in [0.25, 0.3) is 0 Å². The minimum Gasteiger partial charge on any atom is -0.465 e. The zero-order chi connectivity index (χ0) is 10.4. The van der Waals surface area contributed by atoms with Crippen molar-refractivity contribution < 1.29 is 14.3 Å². The minimum atomic E-state index is -0.618. The Balaban J connectivity index is 3.69. The fourth-order valence-corrected chi connectivity index (χ4v) is 0.686. The SMILES string of the molecule is CC(=O)C(C)C(=O)OCCC(C)C. The number of ketones is 1. The van der Waals surface area contributed by atoms with Gasteiger partial charge in [-0.25, -0.2) is 0 Å². The van der Waals surface area contributed by atoms with Gasteiger partial charge in [-0.3, -0.25) is 9.59 Å². The smallest absolute Gasteiger partial charge is 0.316 e. The van der Waals surface area contributed by atoms with Crippen LogP contribution in [-0.4, -0.2) is 18.4 Å². The second kappa shape index (κ2) is 5.73. The van der Waals surface area contributed by atoms with Crippen molar-refractivity contribution in [3.05, 3.63) is 0 Å². The van der Waals surface area contributed by atoms with E-state index in [1.54, 1.807) is 6.92 Å². The third kappa shape index (κ3) is 5.39. The van der Waals surface area contributed by atoms with Crippen LogP contribution in [0.3, 0.4) is 0 Å². The molecule has 0 radical (unpaired) electrons. The second-order valence-corrected chi connectivity index (χ2v) is 3.68. The Kier molecular flexibility index (Phi) is 5.35. The highest BCUT2D eigenvalue weighted by Gasteiger charge is 2.18. The predicted molar refractivity (Wildman–Crippen MR) is 50.3 cm³/mol. The Labute approximate surface area is 79.5 Å². The largest absolute Gasteiger partial charge is 0.465 e. The van der Waals surface area contributed by atoms with E-state index in [9.17, 15) is 9.59 Å². The quantitative estimate of drug-likeness (QED) is 0.485. The molecule has 0 amide bonds. The summed E-state index contributed by atoms with van der Waals surface area (Å²) < 4.78 is 4.92. The Hall–Kier alpha value is -0.860. The van der Waals surface area contributed by atoms with E-state index < -0.39 is 11.9 Å². The molecule has 0 saturated heterocycles. The van der Waals surface area contributed by atoms with Gasteiger partial charge in [-0.05, 0) is 26.2 Å². The number of esters is 1. The van der Waals surface area contributed by atoms with Gasteiger partial charge in [0.2, 0.25) is 0 Å². The number of ether oxygens (including phenoxy) is 1. The molecule has 0 aromatic heterocycles. The van der Waals surface area contributed by atoms with Gasteiger partial charge >= 0.3 is 5.97 Å². The zero-order valence-electron chi connectivity index (χ0n) is 8.79. The van der Waals surface area contributed by atoms with E-state index >= 15 is 0 Å². The Morgan fingerprint density at radius 3 is 2.15 bits per heavy atom. The lowest BCUT2D eigenvalue weighted by atomic mass is 10.1. The van der Waals surface area contributed by atoms with Crippen LogP contribution in [0.1, 0.15) is 34.1 Å². The first-order chi connectivity index (χ1) is 5.95. The summed E-state index contributed by atoms with van der Waals surface area (Å²) in [5.74, 6) is -0.657. The molecule has 13 heavy (non-hydrogen) atoms. The topological polar surface area (TPSA) is 43.4 Å². The summed E-state index contributed by atoms with van der Waals surface area (Å²) in [5, 5.41) is 0. The van der Waals surface area contributed by atoms with Crippen molar-refractivity contribution in [2.45, 2.75) is 34.1 Å². The summed E-state index contributed by atoms with van der Waals surface area (Å²) in [6, 6.07) is 0. The lowest BCUT2D eigenvalue weighted by molar-refractivity contribution is -0.151. The van der Waals surface area contributed by atoms with Gasteiger partial charge in [-0.1, -0.05) is 13.8 Å². The molecule has 0 saturated carbocycles. The van der Waals surface area contributed by atoms with E-state index in [0.717, 1.165) is 6.42 Å². The highest BCUT2D eigenvalue weighted by molar-refractivity contribution is 5.97. The molecular formula is C10H18O3. The van der Waals surface area contributed by atoms with E-state index in [1.165, 1.54) is 6.92 Å². The number of hydrogen-bond donors (Lipinski definition) is 0. The number of carbonyl (C=O) groups is 2. The second-order valence-electron chi connectivity index (χ2n) is 3.68. The van der Waals surface area contributed by atoms with Crippen LogP contribution in [0.4, 0.5) is 0 Å². The van der Waals surface area contributed by atoms with Gasteiger partial charge in [0, 0.05) is 0 Å². The molecule has 1 atom stereocenters. The van der Waals surface area contributed by atoms with Gasteiger partial charge in [0.05, 0.1) is 6.61 Å². The summed E-state index contributed by atoms with van der Waals surface area (Å²) in [6.07, 6.45) is 0.844. The molecule has 0 aromatic carbocycles. The van der Waals surface area contributed by atoms with Crippen molar-refractivity contribution in [1.29, 1.82) is 0 Å². The van der Waals surface area contributed by atoms with E-state index in [4.69, 9.17) is 4.74 Å². The minimum absolute atomic E-state index is 0.144. The molecule has 76 valence electrons. The molecule has 0 aromatic rings. The Bertz CT molecular complexity index is 185. The van der Waals surface area contributed by atoms with Crippen LogP contribution in [0, 0.1) is 11.8 Å². The number of rotatable bonds is 5. The summed E-state index contributed by atoms with van der Waals surface area (Å²) in [4.78, 5) is 21.9. The predicted octanol–water partition coefficient (Wildman–Crippen LogP) is 1.80. The van der Waals surface area contributed by atoms with Crippen LogP contribution in [0.5, 0.6) is 0 Å². The molecule has 0 aliphatic carbocycles. The van der Waals surface area contributed by atoms with Gasteiger partial charge in [0.1, 0.15) is 11.7 Å². The van der Waals surface area contributed by atoms with Crippen molar-refractivity contribution >= 4 is 11.8 Å². The first-order valence-electron chi connectivity index (χ1n) is 4.62. The van der Waals surface area contributed by atoms with Crippen LogP contribution in [0.25, 0.3) is 0 Å².